The summed E-state index contributed by atoms with van der Waals surface area (Å²) in [5, 5.41) is 13.0. The summed E-state index contributed by atoms with van der Waals surface area (Å²) in [4.78, 5) is 24.4. The van der Waals surface area contributed by atoms with Crippen molar-refractivity contribution in [3.63, 3.8) is 0 Å². The number of hydrogen-bond donors (Lipinski definition) is 2. The SMILES string of the molecule is Cc1nn(C)c(C)c1S(=O)(=O)NC(C)C(=O)N(C)CC(C)C(=O)O. The summed E-state index contributed by atoms with van der Waals surface area (Å²) >= 11 is 0. The predicted octanol–water partition coefficient (Wildman–Crippen LogP) is -0.117. The van der Waals surface area contributed by atoms with Crippen LogP contribution in [0.25, 0.3) is 0 Å². The Morgan fingerprint density at radius 1 is 1.33 bits per heavy atom. The summed E-state index contributed by atoms with van der Waals surface area (Å²) in [5.41, 5.74) is 0.808. The van der Waals surface area contributed by atoms with Gasteiger partial charge in [-0.2, -0.15) is 9.82 Å². The Labute approximate surface area is 141 Å². The first-order chi connectivity index (χ1) is 10.9. The van der Waals surface area contributed by atoms with Crippen LogP contribution < -0.4 is 4.72 Å². The van der Waals surface area contributed by atoms with Crippen LogP contribution in [0.1, 0.15) is 25.2 Å². The molecule has 1 heterocycles. The molecule has 0 saturated heterocycles. The number of hydrogen-bond acceptors (Lipinski definition) is 5. The second-order valence-corrected chi connectivity index (χ2v) is 7.58. The number of aryl methyl sites for hydroxylation is 2. The molecule has 24 heavy (non-hydrogen) atoms. The molecule has 0 aliphatic heterocycles. The van der Waals surface area contributed by atoms with E-state index in [0.29, 0.717) is 11.4 Å². The predicted molar refractivity (Wildman–Crippen MR) is 86.9 cm³/mol. The van der Waals surface area contributed by atoms with E-state index in [2.05, 4.69) is 9.82 Å². The summed E-state index contributed by atoms with van der Waals surface area (Å²) < 4.78 is 28.8. The van der Waals surface area contributed by atoms with E-state index in [1.165, 1.54) is 30.5 Å². The van der Waals surface area contributed by atoms with Gasteiger partial charge in [0.2, 0.25) is 15.9 Å². The van der Waals surface area contributed by atoms with Gasteiger partial charge < -0.3 is 10.0 Å². The number of rotatable bonds is 7. The Morgan fingerprint density at radius 2 is 1.88 bits per heavy atom. The van der Waals surface area contributed by atoms with Crippen LogP contribution in [0.4, 0.5) is 0 Å². The smallest absolute Gasteiger partial charge is 0.308 e. The van der Waals surface area contributed by atoms with Crippen molar-refractivity contribution in [1.82, 2.24) is 19.4 Å². The molecule has 1 amide bonds. The van der Waals surface area contributed by atoms with Gasteiger partial charge in [0.25, 0.3) is 0 Å². The van der Waals surface area contributed by atoms with Crippen molar-refractivity contribution in [2.24, 2.45) is 13.0 Å². The second kappa shape index (κ2) is 7.31. The molecular weight excluding hydrogens is 336 g/mol. The fourth-order valence-corrected chi connectivity index (χ4v) is 4.03. The number of carboxylic acids is 1. The molecule has 1 aromatic heterocycles. The van der Waals surface area contributed by atoms with Gasteiger partial charge in [-0.1, -0.05) is 6.92 Å². The number of carbonyl (C=O) groups excluding carboxylic acids is 1. The minimum atomic E-state index is -3.92. The molecule has 136 valence electrons. The molecule has 9 nitrogen and oxygen atoms in total. The van der Waals surface area contributed by atoms with Crippen molar-refractivity contribution in [2.75, 3.05) is 13.6 Å². The van der Waals surface area contributed by atoms with Crippen molar-refractivity contribution >= 4 is 21.9 Å². The van der Waals surface area contributed by atoms with E-state index < -0.39 is 33.9 Å². The van der Waals surface area contributed by atoms with Crippen LogP contribution >= 0.6 is 0 Å². The molecule has 0 aliphatic rings. The third-order valence-electron chi connectivity index (χ3n) is 3.76. The molecule has 0 radical (unpaired) electrons. The van der Waals surface area contributed by atoms with E-state index in [4.69, 9.17) is 5.11 Å². The number of nitrogens with one attached hydrogen (secondary N) is 1. The first kappa shape index (κ1) is 20.1. The summed E-state index contributed by atoms with van der Waals surface area (Å²) in [7, 11) is -0.847. The van der Waals surface area contributed by atoms with Crippen LogP contribution in [0.15, 0.2) is 4.90 Å². The monoisotopic (exact) mass is 360 g/mol. The van der Waals surface area contributed by atoms with Crippen LogP contribution in [0.3, 0.4) is 0 Å². The lowest BCUT2D eigenvalue weighted by Gasteiger charge is -2.23. The largest absolute Gasteiger partial charge is 0.481 e. The summed E-state index contributed by atoms with van der Waals surface area (Å²) in [5.74, 6) is -2.28. The number of carboxylic acid groups (broad SMARTS) is 1. The van der Waals surface area contributed by atoms with Gasteiger partial charge in [0.1, 0.15) is 4.90 Å². The highest BCUT2D eigenvalue weighted by Crippen LogP contribution is 2.18. The zero-order valence-electron chi connectivity index (χ0n) is 14.7. The average Bonchev–Trinajstić information content (AvgIpc) is 2.70. The number of carbonyl (C=O) groups is 2. The summed E-state index contributed by atoms with van der Waals surface area (Å²) in [6.45, 7) is 6.09. The molecule has 0 aliphatic carbocycles. The van der Waals surface area contributed by atoms with Gasteiger partial charge in [0.05, 0.1) is 23.3 Å². The lowest BCUT2D eigenvalue weighted by Crippen LogP contribution is -2.47. The third kappa shape index (κ3) is 4.32. The van der Waals surface area contributed by atoms with E-state index in [1.54, 1.807) is 20.9 Å². The van der Waals surface area contributed by atoms with Gasteiger partial charge in [0, 0.05) is 20.6 Å². The molecule has 2 N–H and O–H groups in total. The van der Waals surface area contributed by atoms with Gasteiger partial charge in [0.15, 0.2) is 0 Å². The molecule has 0 aromatic carbocycles. The molecule has 1 rings (SSSR count). The van der Waals surface area contributed by atoms with E-state index >= 15 is 0 Å². The molecule has 1 aromatic rings. The Hall–Kier alpha value is -1.94. The van der Waals surface area contributed by atoms with Crippen LogP contribution in [0.5, 0.6) is 0 Å². The Kier molecular flexibility index (Phi) is 6.12. The van der Waals surface area contributed by atoms with Crippen molar-refractivity contribution in [2.45, 2.75) is 38.6 Å². The lowest BCUT2D eigenvalue weighted by molar-refractivity contribution is -0.142. The minimum Gasteiger partial charge on any atom is -0.481 e. The van der Waals surface area contributed by atoms with Crippen molar-refractivity contribution in [1.29, 1.82) is 0 Å². The topological polar surface area (TPSA) is 122 Å². The van der Waals surface area contributed by atoms with Crippen LogP contribution in [0.2, 0.25) is 0 Å². The van der Waals surface area contributed by atoms with E-state index in [-0.39, 0.29) is 11.4 Å². The van der Waals surface area contributed by atoms with Gasteiger partial charge in [-0.25, -0.2) is 8.42 Å². The Balaban J connectivity index is 2.91. The molecule has 10 heteroatoms. The number of nitrogens with zero attached hydrogens (tertiary/aromatic N) is 3. The van der Waals surface area contributed by atoms with Gasteiger partial charge in [-0.3, -0.25) is 14.3 Å². The maximum absolute atomic E-state index is 12.5. The Bertz CT molecular complexity index is 741. The van der Waals surface area contributed by atoms with E-state index in [1.807, 2.05) is 0 Å². The fraction of sp³-hybridized carbons (Fsp3) is 0.643. The van der Waals surface area contributed by atoms with Crippen LogP contribution in [0, 0.1) is 19.8 Å². The lowest BCUT2D eigenvalue weighted by atomic mass is 10.1. The minimum absolute atomic E-state index is 0.00875. The number of sulfonamides is 1. The Morgan fingerprint density at radius 3 is 2.29 bits per heavy atom. The van der Waals surface area contributed by atoms with Crippen molar-refractivity contribution in [3.05, 3.63) is 11.4 Å². The van der Waals surface area contributed by atoms with Gasteiger partial charge in [-0.15, -0.1) is 0 Å². The maximum Gasteiger partial charge on any atom is 0.308 e. The molecule has 2 atom stereocenters. The first-order valence-corrected chi connectivity index (χ1v) is 8.87. The number of likely N-dealkylation sites (N-methyl/N-ethyl adjacent to an activating group) is 1. The maximum atomic E-state index is 12.5. The van der Waals surface area contributed by atoms with Crippen molar-refractivity contribution in [3.8, 4) is 0 Å². The molecule has 2 unspecified atom stereocenters. The molecular formula is C14H24N4O5S. The van der Waals surface area contributed by atoms with Gasteiger partial charge in [-0.05, 0) is 20.8 Å². The standard InChI is InChI=1S/C14H24N4O5S/c1-8(14(20)21)7-17(5)13(19)10(3)16-24(22,23)12-9(2)15-18(6)11(12)4/h8,10,16H,7H2,1-6H3,(H,20,21). The zero-order valence-corrected chi connectivity index (χ0v) is 15.5. The van der Waals surface area contributed by atoms with Crippen LogP contribution in [-0.4, -0.2) is 59.7 Å². The molecule has 0 spiro atoms. The summed E-state index contributed by atoms with van der Waals surface area (Å²) in [6.07, 6.45) is 0. The highest BCUT2D eigenvalue weighted by molar-refractivity contribution is 7.89. The number of amides is 1. The number of aromatic nitrogens is 2. The second-order valence-electron chi connectivity index (χ2n) is 5.92. The third-order valence-corrected chi connectivity index (χ3v) is 5.55. The van der Waals surface area contributed by atoms with Crippen molar-refractivity contribution < 1.29 is 23.1 Å². The first-order valence-electron chi connectivity index (χ1n) is 7.38. The fourth-order valence-electron chi connectivity index (χ4n) is 2.39. The quantitative estimate of drug-likeness (QED) is 0.699. The highest BCUT2D eigenvalue weighted by atomic mass is 32.2. The molecule has 0 saturated carbocycles. The summed E-state index contributed by atoms with van der Waals surface area (Å²) in [6, 6.07) is -1.03. The average molecular weight is 360 g/mol. The highest BCUT2D eigenvalue weighted by Gasteiger charge is 2.29. The van der Waals surface area contributed by atoms with Gasteiger partial charge >= 0.3 is 5.97 Å². The zero-order chi connectivity index (χ0) is 18.8. The normalized spacial score (nSPS) is 14.2. The van der Waals surface area contributed by atoms with E-state index in [9.17, 15) is 18.0 Å². The van der Waals surface area contributed by atoms with E-state index in [0.717, 1.165) is 0 Å². The van der Waals surface area contributed by atoms with Crippen LogP contribution in [-0.2, 0) is 26.7 Å². The number of aliphatic carboxylic acids is 1. The molecule has 0 bridgehead atoms. The molecule has 0 fully saturated rings.